The van der Waals surface area contributed by atoms with E-state index in [0.29, 0.717) is 5.76 Å². The van der Waals surface area contributed by atoms with Gasteiger partial charge in [0.15, 0.2) is 0 Å². The number of aliphatic hydroxyl groups excluding tert-OH is 1. The number of benzene rings is 1. The van der Waals surface area contributed by atoms with E-state index in [2.05, 4.69) is 5.32 Å². The minimum atomic E-state index is -0.841. The lowest BCUT2D eigenvalue weighted by atomic mass is 10.1. The third-order valence-corrected chi connectivity index (χ3v) is 3.03. The molecule has 0 bridgehead atoms. The van der Waals surface area contributed by atoms with Crippen LogP contribution in [0.25, 0.3) is 0 Å². The van der Waals surface area contributed by atoms with E-state index < -0.39 is 6.10 Å². The summed E-state index contributed by atoms with van der Waals surface area (Å²) in [5.41, 5.74) is 0. The van der Waals surface area contributed by atoms with Crippen molar-refractivity contribution in [2.24, 2.45) is 5.92 Å². The highest BCUT2D eigenvalue weighted by Gasteiger charge is 2.16. The lowest BCUT2D eigenvalue weighted by molar-refractivity contribution is -0.125. The Hall–Kier alpha value is -2.27. The van der Waals surface area contributed by atoms with E-state index in [9.17, 15) is 9.90 Å². The van der Waals surface area contributed by atoms with Crippen molar-refractivity contribution < 1.29 is 19.1 Å². The van der Waals surface area contributed by atoms with E-state index in [4.69, 9.17) is 9.15 Å². The van der Waals surface area contributed by atoms with Gasteiger partial charge in [-0.2, -0.15) is 0 Å². The van der Waals surface area contributed by atoms with Gasteiger partial charge >= 0.3 is 0 Å². The zero-order chi connectivity index (χ0) is 15.1. The fourth-order valence-electron chi connectivity index (χ4n) is 1.77. The molecule has 2 rings (SSSR count). The number of para-hydroxylation sites is 1. The summed E-state index contributed by atoms with van der Waals surface area (Å²) >= 11 is 0. The van der Waals surface area contributed by atoms with Crippen molar-refractivity contribution in [3.8, 4) is 5.75 Å². The van der Waals surface area contributed by atoms with Crippen LogP contribution in [0.1, 0.15) is 18.8 Å². The lowest BCUT2D eigenvalue weighted by Gasteiger charge is -2.15. The molecule has 0 fully saturated rings. The second-order valence-electron chi connectivity index (χ2n) is 4.80. The van der Waals surface area contributed by atoms with Gasteiger partial charge in [-0.1, -0.05) is 25.1 Å². The first-order valence-electron chi connectivity index (χ1n) is 6.84. The van der Waals surface area contributed by atoms with E-state index >= 15 is 0 Å². The molecule has 0 spiro atoms. The van der Waals surface area contributed by atoms with Crippen molar-refractivity contribution in [1.82, 2.24) is 5.32 Å². The number of amides is 1. The summed E-state index contributed by atoms with van der Waals surface area (Å²) < 4.78 is 10.6. The SMILES string of the molecule is CC(COc1ccccc1)C(=O)NCC(O)c1ccco1. The van der Waals surface area contributed by atoms with Gasteiger partial charge in [-0.05, 0) is 24.3 Å². The number of carbonyl (C=O) groups excluding carboxylic acids is 1. The van der Waals surface area contributed by atoms with E-state index in [0.717, 1.165) is 5.75 Å². The number of nitrogens with one attached hydrogen (secondary N) is 1. The van der Waals surface area contributed by atoms with Crippen LogP contribution in [0, 0.1) is 5.92 Å². The van der Waals surface area contributed by atoms with Crippen LogP contribution in [-0.2, 0) is 4.79 Å². The van der Waals surface area contributed by atoms with Crippen molar-refractivity contribution in [3.05, 3.63) is 54.5 Å². The molecule has 5 heteroatoms. The van der Waals surface area contributed by atoms with E-state index in [1.807, 2.05) is 30.3 Å². The molecule has 2 N–H and O–H groups in total. The molecule has 1 amide bonds. The molecule has 5 nitrogen and oxygen atoms in total. The Morgan fingerprint density at radius 3 is 2.71 bits per heavy atom. The highest BCUT2D eigenvalue weighted by molar-refractivity contribution is 5.78. The molecule has 2 atom stereocenters. The zero-order valence-electron chi connectivity index (χ0n) is 11.9. The average molecular weight is 289 g/mol. The largest absolute Gasteiger partial charge is 0.493 e. The molecule has 2 unspecified atom stereocenters. The molecule has 0 saturated carbocycles. The van der Waals surface area contributed by atoms with Crippen LogP contribution < -0.4 is 10.1 Å². The summed E-state index contributed by atoms with van der Waals surface area (Å²) in [4.78, 5) is 11.9. The Morgan fingerprint density at radius 2 is 2.05 bits per heavy atom. The van der Waals surface area contributed by atoms with Crippen LogP contribution in [0.4, 0.5) is 0 Å². The van der Waals surface area contributed by atoms with Crippen LogP contribution in [0.15, 0.2) is 53.1 Å². The van der Waals surface area contributed by atoms with E-state index in [-0.39, 0.29) is 25.0 Å². The minimum Gasteiger partial charge on any atom is -0.493 e. The summed E-state index contributed by atoms with van der Waals surface area (Å²) in [7, 11) is 0. The highest BCUT2D eigenvalue weighted by Crippen LogP contribution is 2.12. The maximum atomic E-state index is 11.9. The summed E-state index contributed by atoms with van der Waals surface area (Å²) in [5.74, 6) is 0.682. The summed E-state index contributed by atoms with van der Waals surface area (Å²) in [6, 6.07) is 12.7. The second kappa shape index (κ2) is 7.50. The van der Waals surface area contributed by atoms with Crippen molar-refractivity contribution in [2.75, 3.05) is 13.2 Å². The van der Waals surface area contributed by atoms with Crippen molar-refractivity contribution in [1.29, 1.82) is 0 Å². The number of hydrogen-bond acceptors (Lipinski definition) is 4. The fraction of sp³-hybridized carbons (Fsp3) is 0.312. The van der Waals surface area contributed by atoms with Gasteiger partial charge in [0.05, 0.1) is 25.3 Å². The molecule has 0 saturated heterocycles. The predicted molar refractivity (Wildman–Crippen MR) is 77.8 cm³/mol. The molecule has 1 aromatic heterocycles. The Kier molecular flexibility index (Phi) is 5.40. The molecule has 112 valence electrons. The van der Waals surface area contributed by atoms with Gasteiger partial charge in [-0.15, -0.1) is 0 Å². The first kappa shape index (κ1) is 15.1. The van der Waals surface area contributed by atoms with Gasteiger partial charge < -0.3 is 19.6 Å². The quantitative estimate of drug-likeness (QED) is 0.819. The summed E-state index contributed by atoms with van der Waals surface area (Å²) in [6.07, 6.45) is 0.641. The molecule has 0 aliphatic heterocycles. The average Bonchev–Trinajstić information content (AvgIpc) is 3.05. The Labute approximate surface area is 123 Å². The highest BCUT2D eigenvalue weighted by atomic mass is 16.5. The standard InChI is InChI=1S/C16H19NO4/c1-12(11-21-13-6-3-2-4-7-13)16(19)17-10-14(18)15-8-5-9-20-15/h2-9,12,14,18H,10-11H2,1H3,(H,17,19). The van der Waals surface area contributed by atoms with Crippen LogP contribution in [-0.4, -0.2) is 24.2 Å². The molecule has 1 aromatic carbocycles. The topological polar surface area (TPSA) is 71.7 Å². The van der Waals surface area contributed by atoms with Gasteiger partial charge in [0.25, 0.3) is 0 Å². The number of ether oxygens (including phenoxy) is 1. The van der Waals surface area contributed by atoms with E-state index in [1.54, 1.807) is 19.1 Å². The Morgan fingerprint density at radius 1 is 1.29 bits per heavy atom. The number of rotatable bonds is 7. The molecular formula is C16H19NO4. The Bertz CT molecular complexity index is 539. The van der Waals surface area contributed by atoms with Crippen molar-refractivity contribution in [3.63, 3.8) is 0 Å². The maximum absolute atomic E-state index is 11.9. The van der Waals surface area contributed by atoms with Crippen molar-refractivity contribution >= 4 is 5.91 Å². The van der Waals surface area contributed by atoms with Crippen LogP contribution in [0.2, 0.25) is 0 Å². The lowest BCUT2D eigenvalue weighted by Crippen LogP contribution is -2.35. The Balaban J connectivity index is 1.72. The molecule has 0 radical (unpaired) electrons. The molecule has 0 aliphatic rings. The normalized spacial score (nSPS) is 13.4. The molecule has 0 aliphatic carbocycles. The van der Waals surface area contributed by atoms with Gasteiger partial charge in [-0.3, -0.25) is 4.79 Å². The monoisotopic (exact) mass is 289 g/mol. The molecule has 2 aromatic rings. The van der Waals surface area contributed by atoms with Crippen LogP contribution in [0.5, 0.6) is 5.75 Å². The molecule has 21 heavy (non-hydrogen) atoms. The summed E-state index contributed by atoms with van der Waals surface area (Å²) in [5, 5.41) is 12.5. The number of hydrogen-bond donors (Lipinski definition) is 2. The van der Waals surface area contributed by atoms with Crippen molar-refractivity contribution in [2.45, 2.75) is 13.0 Å². The zero-order valence-corrected chi connectivity index (χ0v) is 11.9. The smallest absolute Gasteiger partial charge is 0.226 e. The second-order valence-corrected chi connectivity index (χ2v) is 4.80. The molecular weight excluding hydrogens is 270 g/mol. The van der Waals surface area contributed by atoms with E-state index in [1.165, 1.54) is 6.26 Å². The number of furan rings is 1. The van der Waals surface area contributed by atoms with Gasteiger partial charge in [0.2, 0.25) is 5.91 Å². The van der Waals surface area contributed by atoms with Gasteiger partial charge in [0.1, 0.15) is 17.6 Å². The maximum Gasteiger partial charge on any atom is 0.226 e. The first-order valence-corrected chi connectivity index (χ1v) is 6.84. The van der Waals surface area contributed by atoms with Crippen LogP contribution in [0.3, 0.4) is 0 Å². The fourth-order valence-corrected chi connectivity index (χ4v) is 1.77. The van der Waals surface area contributed by atoms with Gasteiger partial charge in [-0.25, -0.2) is 0 Å². The van der Waals surface area contributed by atoms with Gasteiger partial charge in [0, 0.05) is 0 Å². The summed E-state index contributed by atoms with van der Waals surface area (Å²) in [6.45, 7) is 2.17. The third-order valence-electron chi connectivity index (χ3n) is 3.03. The third kappa shape index (κ3) is 4.65. The number of aliphatic hydroxyl groups is 1. The predicted octanol–water partition coefficient (Wildman–Crippen LogP) is 2.14. The first-order chi connectivity index (χ1) is 10.2. The van der Waals surface area contributed by atoms with Crippen LogP contribution >= 0.6 is 0 Å². The number of carbonyl (C=O) groups is 1. The molecule has 1 heterocycles. The minimum absolute atomic E-state index is 0.113.